The van der Waals surface area contributed by atoms with E-state index in [0.29, 0.717) is 13.0 Å². The smallest absolute Gasteiger partial charge is 0.141 e. The van der Waals surface area contributed by atoms with Crippen LogP contribution in [0.4, 0.5) is 0 Å². The summed E-state index contributed by atoms with van der Waals surface area (Å²) in [7, 11) is 0. The van der Waals surface area contributed by atoms with Crippen LogP contribution in [0.15, 0.2) is 28.7 Å². The van der Waals surface area contributed by atoms with Gasteiger partial charge in [0.05, 0.1) is 0 Å². The molecular formula is C11H14BrNO. The first kappa shape index (κ1) is 11.4. The zero-order valence-corrected chi connectivity index (χ0v) is 9.75. The summed E-state index contributed by atoms with van der Waals surface area (Å²) in [5.74, 6) is 0.152. The van der Waals surface area contributed by atoms with E-state index in [0.717, 1.165) is 10.0 Å². The molecule has 0 spiro atoms. The number of hydrogen-bond donors (Lipinski definition) is 1. The fraction of sp³-hybridized carbons (Fsp3) is 0.364. The van der Waals surface area contributed by atoms with Crippen molar-refractivity contribution >= 4 is 21.7 Å². The van der Waals surface area contributed by atoms with Crippen LogP contribution in [0.2, 0.25) is 0 Å². The molecule has 0 bridgehead atoms. The van der Waals surface area contributed by atoms with Gasteiger partial charge in [-0.05, 0) is 17.7 Å². The summed E-state index contributed by atoms with van der Waals surface area (Å²) in [6.45, 7) is 2.28. The van der Waals surface area contributed by atoms with Gasteiger partial charge in [0.15, 0.2) is 0 Å². The average Bonchev–Trinajstić information content (AvgIpc) is 2.16. The summed E-state index contributed by atoms with van der Waals surface area (Å²) in [4.78, 5) is 11.6. The van der Waals surface area contributed by atoms with E-state index in [2.05, 4.69) is 15.9 Å². The molecule has 1 rings (SSSR count). The van der Waals surface area contributed by atoms with Gasteiger partial charge in [0.25, 0.3) is 0 Å². The largest absolute Gasteiger partial charge is 0.330 e. The second-order valence-corrected chi connectivity index (χ2v) is 4.33. The Hall–Kier alpha value is -0.670. The van der Waals surface area contributed by atoms with Gasteiger partial charge in [-0.15, -0.1) is 0 Å². The molecule has 3 heteroatoms. The number of halogens is 1. The van der Waals surface area contributed by atoms with E-state index in [4.69, 9.17) is 5.73 Å². The highest BCUT2D eigenvalue weighted by molar-refractivity contribution is 9.10. The van der Waals surface area contributed by atoms with Crippen molar-refractivity contribution in [3.05, 3.63) is 34.3 Å². The van der Waals surface area contributed by atoms with E-state index < -0.39 is 0 Å². The third-order valence-electron chi connectivity index (χ3n) is 2.17. The highest BCUT2D eigenvalue weighted by Crippen LogP contribution is 2.13. The molecule has 0 aromatic heterocycles. The molecule has 76 valence electrons. The van der Waals surface area contributed by atoms with Crippen molar-refractivity contribution in [3.8, 4) is 0 Å². The van der Waals surface area contributed by atoms with E-state index in [1.807, 2.05) is 31.2 Å². The van der Waals surface area contributed by atoms with Crippen molar-refractivity contribution < 1.29 is 4.79 Å². The second kappa shape index (κ2) is 5.27. The maximum atomic E-state index is 11.6. The lowest BCUT2D eigenvalue weighted by Gasteiger charge is -2.07. The molecule has 0 aliphatic carbocycles. The number of Topliss-reactive ketones (excluding diaryl/α,β-unsaturated/α-hetero) is 1. The van der Waals surface area contributed by atoms with E-state index in [-0.39, 0.29) is 11.7 Å². The Kier molecular flexibility index (Phi) is 4.29. The Labute approximate surface area is 92.6 Å². The molecule has 1 aromatic carbocycles. The predicted octanol–water partition coefficient (Wildman–Crippen LogP) is 2.16. The van der Waals surface area contributed by atoms with Gasteiger partial charge >= 0.3 is 0 Å². The topological polar surface area (TPSA) is 43.1 Å². The van der Waals surface area contributed by atoms with Gasteiger partial charge in [0, 0.05) is 23.4 Å². The lowest BCUT2D eigenvalue weighted by molar-refractivity contribution is -0.121. The first-order valence-corrected chi connectivity index (χ1v) is 5.40. The Morgan fingerprint density at radius 2 is 2.29 bits per heavy atom. The minimum Gasteiger partial charge on any atom is -0.330 e. The van der Waals surface area contributed by atoms with E-state index in [9.17, 15) is 4.79 Å². The van der Waals surface area contributed by atoms with Crippen molar-refractivity contribution in [2.45, 2.75) is 13.3 Å². The van der Waals surface area contributed by atoms with Crippen molar-refractivity contribution in [3.63, 3.8) is 0 Å². The number of carbonyl (C=O) groups is 1. The van der Waals surface area contributed by atoms with Crippen LogP contribution in [-0.2, 0) is 11.2 Å². The molecule has 0 fully saturated rings. The van der Waals surface area contributed by atoms with Gasteiger partial charge in [-0.3, -0.25) is 4.79 Å². The molecule has 0 aliphatic heterocycles. The molecule has 0 radical (unpaired) electrons. The zero-order valence-electron chi connectivity index (χ0n) is 8.16. The van der Waals surface area contributed by atoms with Crippen molar-refractivity contribution in [2.75, 3.05) is 6.54 Å². The molecule has 2 N–H and O–H groups in total. The van der Waals surface area contributed by atoms with Crippen LogP contribution >= 0.6 is 15.9 Å². The zero-order chi connectivity index (χ0) is 10.6. The molecule has 1 atom stereocenters. The molecule has 0 aliphatic rings. The molecule has 14 heavy (non-hydrogen) atoms. The maximum absolute atomic E-state index is 11.6. The van der Waals surface area contributed by atoms with Crippen LogP contribution in [-0.4, -0.2) is 12.3 Å². The summed E-state index contributed by atoms with van der Waals surface area (Å²) in [5.41, 5.74) is 6.46. The fourth-order valence-corrected chi connectivity index (χ4v) is 1.60. The monoisotopic (exact) mass is 255 g/mol. The summed E-state index contributed by atoms with van der Waals surface area (Å²) < 4.78 is 1.00. The molecule has 0 saturated carbocycles. The van der Waals surface area contributed by atoms with Crippen LogP contribution < -0.4 is 5.73 Å². The SMILES string of the molecule is CC(CN)C(=O)Cc1cccc(Br)c1. The van der Waals surface area contributed by atoms with Gasteiger partial charge in [-0.1, -0.05) is 35.0 Å². The van der Waals surface area contributed by atoms with E-state index in [1.165, 1.54) is 0 Å². The van der Waals surface area contributed by atoms with Gasteiger partial charge in [-0.2, -0.15) is 0 Å². The van der Waals surface area contributed by atoms with Crippen molar-refractivity contribution in [1.29, 1.82) is 0 Å². The Morgan fingerprint density at radius 1 is 1.57 bits per heavy atom. The number of nitrogens with two attached hydrogens (primary N) is 1. The van der Waals surface area contributed by atoms with Crippen LogP contribution in [0.3, 0.4) is 0 Å². The molecule has 1 aromatic rings. The number of benzene rings is 1. The quantitative estimate of drug-likeness (QED) is 0.896. The highest BCUT2D eigenvalue weighted by atomic mass is 79.9. The van der Waals surface area contributed by atoms with Gasteiger partial charge in [0.1, 0.15) is 5.78 Å². The normalized spacial score (nSPS) is 12.5. The van der Waals surface area contributed by atoms with Gasteiger partial charge in [-0.25, -0.2) is 0 Å². The van der Waals surface area contributed by atoms with Crippen molar-refractivity contribution in [1.82, 2.24) is 0 Å². The number of rotatable bonds is 4. The highest BCUT2D eigenvalue weighted by Gasteiger charge is 2.11. The Morgan fingerprint density at radius 3 is 2.86 bits per heavy atom. The Bertz CT molecular complexity index is 325. The van der Waals surface area contributed by atoms with Crippen LogP contribution in [0, 0.1) is 5.92 Å². The average molecular weight is 256 g/mol. The summed E-state index contributed by atoms with van der Waals surface area (Å²) in [5, 5.41) is 0. The number of hydrogen-bond acceptors (Lipinski definition) is 2. The van der Waals surface area contributed by atoms with Crippen LogP contribution in [0.5, 0.6) is 0 Å². The van der Waals surface area contributed by atoms with Crippen LogP contribution in [0.25, 0.3) is 0 Å². The fourth-order valence-electron chi connectivity index (χ4n) is 1.15. The summed E-state index contributed by atoms with van der Waals surface area (Å²) >= 11 is 3.37. The van der Waals surface area contributed by atoms with Crippen LogP contribution in [0.1, 0.15) is 12.5 Å². The summed E-state index contributed by atoms with van der Waals surface area (Å²) in [6, 6.07) is 7.78. The Balaban J connectivity index is 2.65. The lowest BCUT2D eigenvalue weighted by atomic mass is 10.00. The molecule has 1 unspecified atom stereocenters. The molecule has 2 nitrogen and oxygen atoms in total. The summed E-state index contributed by atoms with van der Waals surface area (Å²) in [6.07, 6.45) is 0.470. The predicted molar refractivity (Wildman–Crippen MR) is 61.1 cm³/mol. The molecular weight excluding hydrogens is 242 g/mol. The van der Waals surface area contributed by atoms with E-state index in [1.54, 1.807) is 0 Å². The number of carbonyl (C=O) groups excluding carboxylic acids is 1. The third-order valence-corrected chi connectivity index (χ3v) is 2.66. The van der Waals surface area contributed by atoms with Gasteiger partial charge in [0.2, 0.25) is 0 Å². The molecule has 0 heterocycles. The second-order valence-electron chi connectivity index (χ2n) is 3.41. The minimum absolute atomic E-state index is 0.0472. The van der Waals surface area contributed by atoms with Gasteiger partial charge < -0.3 is 5.73 Å². The number of ketones is 1. The van der Waals surface area contributed by atoms with E-state index >= 15 is 0 Å². The molecule has 0 saturated heterocycles. The maximum Gasteiger partial charge on any atom is 0.141 e. The lowest BCUT2D eigenvalue weighted by Crippen LogP contribution is -2.22. The first-order chi connectivity index (χ1) is 6.63. The first-order valence-electron chi connectivity index (χ1n) is 4.60. The minimum atomic E-state index is -0.0472. The van der Waals surface area contributed by atoms with Crippen molar-refractivity contribution in [2.24, 2.45) is 11.7 Å². The molecule has 0 amide bonds. The standard InChI is InChI=1S/C11H14BrNO/c1-8(7-13)11(14)6-9-3-2-4-10(12)5-9/h2-5,8H,6-7,13H2,1H3. The third kappa shape index (κ3) is 3.24.